The SMILES string of the molecule is Cc1cc2cccc(N3CC(CN)OC3=O)c2[nH]1. The van der Waals surface area contributed by atoms with Crippen molar-refractivity contribution in [3.8, 4) is 0 Å². The molecule has 2 heterocycles. The lowest BCUT2D eigenvalue weighted by atomic mass is 10.2. The van der Waals surface area contributed by atoms with Gasteiger partial charge in [0.25, 0.3) is 0 Å². The number of fused-ring (bicyclic) bond motifs is 1. The molecule has 1 aromatic carbocycles. The molecular weight excluding hydrogens is 230 g/mol. The first-order valence-electron chi connectivity index (χ1n) is 5.95. The molecule has 1 aromatic heterocycles. The number of aromatic amines is 1. The molecule has 0 spiro atoms. The fourth-order valence-electron chi connectivity index (χ4n) is 2.35. The molecule has 0 bridgehead atoms. The summed E-state index contributed by atoms with van der Waals surface area (Å²) < 4.78 is 5.18. The Morgan fingerprint density at radius 1 is 1.56 bits per heavy atom. The summed E-state index contributed by atoms with van der Waals surface area (Å²) in [6.45, 7) is 2.85. The van der Waals surface area contributed by atoms with E-state index in [1.165, 1.54) is 0 Å². The maximum Gasteiger partial charge on any atom is 0.414 e. The lowest BCUT2D eigenvalue weighted by Crippen LogP contribution is -2.27. The molecule has 5 heteroatoms. The fourth-order valence-corrected chi connectivity index (χ4v) is 2.35. The highest BCUT2D eigenvalue weighted by Crippen LogP contribution is 2.29. The van der Waals surface area contributed by atoms with Crippen molar-refractivity contribution in [1.29, 1.82) is 0 Å². The molecule has 1 aliphatic rings. The number of hydrogen-bond donors (Lipinski definition) is 2. The van der Waals surface area contributed by atoms with E-state index in [0.717, 1.165) is 22.3 Å². The monoisotopic (exact) mass is 245 g/mol. The van der Waals surface area contributed by atoms with Crippen molar-refractivity contribution < 1.29 is 9.53 Å². The van der Waals surface area contributed by atoms with Crippen LogP contribution in [-0.4, -0.2) is 30.3 Å². The Morgan fingerprint density at radius 2 is 2.39 bits per heavy atom. The van der Waals surface area contributed by atoms with Gasteiger partial charge in [-0.1, -0.05) is 12.1 Å². The van der Waals surface area contributed by atoms with Crippen molar-refractivity contribution in [2.45, 2.75) is 13.0 Å². The topological polar surface area (TPSA) is 71.3 Å². The van der Waals surface area contributed by atoms with Gasteiger partial charge >= 0.3 is 6.09 Å². The number of para-hydroxylation sites is 1. The van der Waals surface area contributed by atoms with E-state index in [4.69, 9.17) is 10.5 Å². The summed E-state index contributed by atoms with van der Waals surface area (Å²) >= 11 is 0. The van der Waals surface area contributed by atoms with E-state index in [-0.39, 0.29) is 12.2 Å². The molecule has 0 aliphatic carbocycles. The van der Waals surface area contributed by atoms with Crippen LogP contribution in [0.2, 0.25) is 0 Å². The first-order chi connectivity index (χ1) is 8.69. The van der Waals surface area contributed by atoms with E-state index in [1.54, 1.807) is 4.90 Å². The van der Waals surface area contributed by atoms with Crippen LogP contribution < -0.4 is 10.6 Å². The molecule has 3 N–H and O–H groups in total. The lowest BCUT2D eigenvalue weighted by molar-refractivity contribution is 0.145. The summed E-state index contributed by atoms with van der Waals surface area (Å²) in [4.78, 5) is 16.7. The van der Waals surface area contributed by atoms with Crippen molar-refractivity contribution in [2.24, 2.45) is 5.73 Å². The summed E-state index contributed by atoms with van der Waals surface area (Å²) in [5, 5.41) is 1.09. The zero-order valence-corrected chi connectivity index (χ0v) is 10.1. The van der Waals surface area contributed by atoms with Gasteiger partial charge in [0.1, 0.15) is 6.10 Å². The second-order valence-electron chi connectivity index (χ2n) is 4.55. The van der Waals surface area contributed by atoms with Gasteiger partial charge < -0.3 is 15.5 Å². The quantitative estimate of drug-likeness (QED) is 0.846. The van der Waals surface area contributed by atoms with Crippen LogP contribution in [0.25, 0.3) is 10.9 Å². The minimum absolute atomic E-state index is 0.219. The number of aryl methyl sites for hydroxylation is 1. The van der Waals surface area contributed by atoms with Crippen LogP contribution in [-0.2, 0) is 4.74 Å². The molecule has 18 heavy (non-hydrogen) atoms. The average Bonchev–Trinajstić information content (AvgIpc) is 2.90. The van der Waals surface area contributed by atoms with Crippen LogP contribution in [0, 0.1) is 6.92 Å². The Bertz CT molecular complexity index is 605. The number of H-pyrrole nitrogens is 1. The van der Waals surface area contributed by atoms with Crippen LogP contribution in [0.15, 0.2) is 24.3 Å². The van der Waals surface area contributed by atoms with E-state index in [0.29, 0.717) is 13.1 Å². The second kappa shape index (κ2) is 4.03. The number of benzene rings is 1. The van der Waals surface area contributed by atoms with Gasteiger partial charge in [0.15, 0.2) is 0 Å². The van der Waals surface area contributed by atoms with Gasteiger partial charge in [-0.05, 0) is 19.1 Å². The summed E-state index contributed by atoms with van der Waals surface area (Å²) in [5.74, 6) is 0. The minimum atomic E-state index is -0.329. The molecule has 0 radical (unpaired) electrons. The highest BCUT2D eigenvalue weighted by molar-refractivity contribution is 6.01. The van der Waals surface area contributed by atoms with Crippen LogP contribution in [0.4, 0.5) is 10.5 Å². The van der Waals surface area contributed by atoms with Gasteiger partial charge in [-0.25, -0.2) is 4.79 Å². The number of rotatable bonds is 2. The zero-order chi connectivity index (χ0) is 12.7. The number of anilines is 1. The van der Waals surface area contributed by atoms with Gasteiger partial charge in [0.2, 0.25) is 0 Å². The Morgan fingerprint density at radius 3 is 3.11 bits per heavy atom. The van der Waals surface area contributed by atoms with E-state index < -0.39 is 0 Å². The molecule has 2 aromatic rings. The minimum Gasteiger partial charge on any atom is -0.443 e. The predicted octanol–water partition coefficient (Wildman–Crippen LogP) is 1.76. The van der Waals surface area contributed by atoms with Gasteiger partial charge in [-0.3, -0.25) is 4.90 Å². The highest BCUT2D eigenvalue weighted by Gasteiger charge is 2.32. The van der Waals surface area contributed by atoms with E-state index in [2.05, 4.69) is 11.1 Å². The summed E-state index contributed by atoms with van der Waals surface area (Å²) in [7, 11) is 0. The van der Waals surface area contributed by atoms with Crippen LogP contribution in [0.1, 0.15) is 5.69 Å². The van der Waals surface area contributed by atoms with Crippen LogP contribution in [0.3, 0.4) is 0 Å². The third-order valence-electron chi connectivity index (χ3n) is 3.20. The Kier molecular flexibility index (Phi) is 2.48. The number of cyclic esters (lactones) is 1. The molecule has 1 unspecified atom stereocenters. The molecule has 94 valence electrons. The van der Waals surface area contributed by atoms with Gasteiger partial charge in [-0.2, -0.15) is 0 Å². The highest BCUT2D eigenvalue weighted by atomic mass is 16.6. The number of nitrogens with one attached hydrogen (secondary N) is 1. The number of aromatic nitrogens is 1. The summed E-state index contributed by atoms with van der Waals surface area (Å²) in [6, 6.07) is 7.93. The molecule has 1 fully saturated rings. The third kappa shape index (κ3) is 1.64. The fraction of sp³-hybridized carbons (Fsp3) is 0.308. The molecule has 5 nitrogen and oxygen atoms in total. The van der Waals surface area contributed by atoms with Crippen molar-refractivity contribution in [3.63, 3.8) is 0 Å². The maximum absolute atomic E-state index is 11.8. The van der Waals surface area contributed by atoms with Crippen molar-refractivity contribution in [1.82, 2.24) is 4.98 Å². The van der Waals surface area contributed by atoms with Crippen molar-refractivity contribution in [2.75, 3.05) is 18.0 Å². The van der Waals surface area contributed by atoms with Gasteiger partial charge in [0, 0.05) is 17.6 Å². The largest absolute Gasteiger partial charge is 0.443 e. The standard InChI is InChI=1S/C13H15N3O2/c1-8-5-9-3-2-4-11(12(9)15-8)16-7-10(6-14)18-13(16)17/h2-5,10,15H,6-7,14H2,1H3. The first-order valence-corrected chi connectivity index (χ1v) is 5.95. The molecule has 1 atom stereocenters. The van der Waals surface area contributed by atoms with E-state index in [1.807, 2.05) is 25.1 Å². The number of amides is 1. The van der Waals surface area contributed by atoms with E-state index in [9.17, 15) is 4.79 Å². The number of carbonyl (C=O) groups is 1. The lowest BCUT2D eigenvalue weighted by Gasteiger charge is -2.13. The number of ether oxygens (including phenoxy) is 1. The number of carbonyl (C=O) groups excluding carboxylic acids is 1. The third-order valence-corrected chi connectivity index (χ3v) is 3.20. The predicted molar refractivity (Wildman–Crippen MR) is 69.7 cm³/mol. The number of nitrogens with zero attached hydrogens (tertiary/aromatic N) is 1. The van der Waals surface area contributed by atoms with Crippen molar-refractivity contribution >= 4 is 22.7 Å². The zero-order valence-electron chi connectivity index (χ0n) is 10.1. The van der Waals surface area contributed by atoms with Crippen molar-refractivity contribution in [3.05, 3.63) is 30.0 Å². The molecule has 1 saturated heterocycles. The van der Waals surface area contributed by atoms with Gasteiger partial charge in [0.05, 0.1) is 17.7 Å². The molecule has 1 aliphatic heterocycles. The number of hydrogen-bond acceptors (Lipinski definition) is 3. The average molecular weight is 245 g/mol. The van der Waals surface area contributed by atoms with Crippen LogP contribution in [0.5, 0.6) is 0 Å². The molecule has 0 saturated carbocycles. The Hall–Kier alpha value is -2.01. The summed E-state index contributed by atoms with van der Waals surface area (Å²) in [5.41, 5.74) is 8.42. The van der Waals surface area contributed by atoms with E-state index >= 15 is 0 Å². The summed E-state index contributed by atoms with van der Waals surface area (Å²) in [6.07, 6.45) is -0.547. The Balaban J connectivity index is 2.06. The molecule has 3 rings (SSSR count). The normalized spacial score (nSPS) is 19.6. The molecule has 1 amide bonds. The smallest absolute Gasteiger partial charge is 0.414 e. The van der Waals surface area contributed by atoms with Gasteiger partial charge in [-0.15, -0.1) is 0 Å². The first kappa shape index (κ1) is 11.1. The Labute approximate surface area is 105 Å². The molecular formula is C13H15N3O2. The number of nitrogens with two attached hydrogens (primary N) is 1. The van der Waals surface area contributed by atoms with Crippen LogP contribution >= 0.6 is 0 Å². The second-order valence-corrected chi connectivity index (χ2v) is 4.55. The maximum atomic E-state index is 11.8.